The molecule has 13 heteroatoms. The van der Waals surface area contributed by atoms with Crippen LogP contribution in [-0.4, -0.2) is 36.0 Å². The Morgan fingerprint density at radius 2 is 2.10 bits per heavy atom. The molecule has 106 valence electrons. The lowest BCUT2D eigenvalue weighted by Crippen LogP contribution is -2.03. The maximum absolute atomic E-state index is 12.3. The van der Waals surface area contributed by atoms with Crippen molar-refractivity contribution in [3.05, 3.63) is 27.0 Å². The van der Waals surface area contributed by atoms with E-state index in [4.69, 9.17) is 5.11 Å². The number of alkyl halides is 3. The number of aromatic nitrogens is 4. The molecular weight excluding hydrogens is 307 g/mol. The molecule has 0 bridgehead atoms. The Kier molecular flexibility index (Phi) is 3.13. The summed E-state index contributed by atoms with van der Waals surface area (Å²) in [5.41, 5.74) is -1.76. The summed E-state index contributed by atoms with van der Waals surface area (Å²) in [4.78, 5) is 20.3. The smallest absolute Gasteiger partial charge is 0.445 e. The first-order valence-corrected chi connectivity index (χ1v) is 5.40. The van der Waals surface area contributed by atoms with Crippen LogP contribution in [0.25, 0.3) is 5.13 Å². The maximum Gasteiger partial charge on any atom is 0.445 e. The third kappa shape index (κ3) is 2.42. The average molecular weight is 309 g/mol. The van der Waals surface area contributed by atoms with Crippen LogP contribution in [-0.2, 0) is 6.18 Å². The zero-order valence-electron chi connectivity index (χ0n) is 9.03. The SMILES string of the molecule is O=C(O)c1nn(-c2nnc(C(F)(F)F)s2)cc1[N+](=O)[O-]. The third-order valence-corrected chi connectivity index (χ3v) is 2.90. The Balaban J connectivity index is 2.49. The molecule has 1 N–H and O–H groups in total. The topological polar surface area (TPSA) is 124 Å². The highest BCUT2D eigenvalue weighted by Gasteiger charge is 2.36. The van der Waals surface area contributed by atoms with E-state index in [-0.39, 0.29) is 11.3 Å². The van der Waals surface area contributed by atoms with Gasteiger partial charge in [-0.05, 0) is 0 Å². The molecule has 2 aromatic rings. The summed E-state index contributed by atoms with van der Waals surface area (Å²) in [6.07, 6.45) is -4.06. The minimum atomic E-state index is -4.72. The van der Waals surface area contributed by atoms with E-state index in [0.29, 0.717) is 10.9 Å². The van der Waals surface area contributed by atoms with Gasteiger partial charge in [0.1, 0.15) is 6.20 Å². The van der Waals surface area contributed by atoms with Crippen molar-refractivity contribution in [3.63, 3.8) is 0 Å². The molecule has 2 aromatic heterocycles. The zero-order valence-corrected chi connectivity index (χ0v) is 9.84. The number of carboxylic acids is 1. The lowest BCUT2D eigenvalue weighted by molar-refractivity contribution is -0.385. The monoisotopic (exact) mass is 309 g/mol. The lowest BCUT2D eigenvalue weighted by Gasteiger charge is -1.97. The molecule has 0 aliphatic carbocycles. The number of rotatable bonds is 3. The van der Waals surface area contributed by atoms with Gasteiger partial charge in [-0.3, -0.25) is 10.1 Å². The molecular formula is C7H2F3N5O4S. The molecule has 0 aliphatic heterocycles. The highest BCUT2D eigenvalue weighted by Crippen LogP contribution is 2.32. The molecule has 0 radical (unpaired) electrons. The van der Waals surface area contributed by atoms with E-state index >= 15 is 0 Å². The van der Waals surface area contributed by atoms with E-state index < -0.39 is 38.6 Å². The van der Waals surface area contributed by atoms with Crippen molar-refractivity contribution in [2.75, 3.05) is 0 Å². The zero-order chi connectivity index (χ0) is 15.1. The normalized spacial score (nSPS) is 11.6. The lowest BCUT2D eigenvalue weighted by atomic mass is 10.4. The first-order chi connectivity index (χ1) is 9.20. The van der Waals surface area contributed by atoms with Gasteiger partial charge in [-0.15, -0.1) is 10.2 Å². The van der Waals surface area contributed by atoms with Gasteiger partial charge in [0.25, 0.3) is 0 Å². The summed E-state index contributed by atoms with van der Waals surface area (Å²) < 4.78 is 37.6. The van der Waals surface area contributed by atoms with Crippen molar-refractivity contribution in [1.29, 1.82) is 0 Å². The highest BCUT2D eigenvalue weighted by atomic mass is 32.1. The molecule has 0 spiro atoms. The van der Waals surface area contributed by atoms with Crippen molar-refractivity contribution in [1.82, 2.24) is 20.0 Å². The van der Waals surface area contributed by atoms with E-state index in [0.717, 1.165) is 0 Å². The first kappa shape index (κ1) is 13.9. The van der Waals surface area contributed by atoms with E-state index in [2.05, 4.69) is 15.3 Å². The number of nitrogens with zero attached hydrogens (tertiary/aromatic N) is 5. The van der Waals surface area contributed by atoms with Crippen LogP contribution in [0.15, 0.2) is 6.20 Å². The minimum Gasteiger partial charge on any atom is -0.476 e. The van der Waals surface area contributed by atoms with Crippen molar-refractivity contribution in [3.8, 4) is 5.13 Å². The first-order valence-electron chi connectivity index (χ1n) is 4.58. The molecule has 2 rings (SSSR count). The Morgan fingerprint density at radius 1 is 1.45 bits per heavy atom. The van der Waals surface area contributed by atoms with Crippen LogP contribution in [0.2, 0.25) is 0 Å². The van der Waals surface area contributed by atoms with E-state index in [1.807, 2.05) is 0 Å². The Hall–Kier alpha value is -2.57. The fourth-order valence-electron chi connectivity index (χ4n) is 1.17. The van der Waals surface area contributed by atoms with Gasteiger partial charge in [0.05, 0.1) is 4.92 Å². The maximum atomic E-state index is 12.3. The molecule has 0 unspecified atom stereocenters. The van der Waals surface area contributed by atoms with Crippen molar-refractivity contribution in [2.24, 2.45) is 0 Å². The molecule has 0 fully saturated rings. The van der Waals surface area contributed by atoms with Crippen LogP contribution < -0.4 is 0 Å². The number of nitro groups is 1. The molecule has 0 saturated heterocycles. The van der Waals surface area contributed by atoms with Crippen molar-refractivity contribution < 1.29 is 28.0 Å². The summed E-state index contributed by atoms with van der Waals surface area (Å²) in [5, 5.41) is 26.9. The second kappa shape index (κ2) is 4.52. The van der Waals surface area contributed by atoms with Crippen LogP contribution in [0.1, 0.15) is 15.5 Å². The summed E-state index contributed by atoms with van der Waals surface area (Å²) in [6.45, 7) is 0. The summed E-state index contributed by atoms with van der Waals surface area (Å²) in [7, 11) is 0. The minimum absolute atomic E-state index is 0.0761. The average Bonchev–Trinajstić information content (AvgIpc) is 2.94. The fraction of sp³-hybridized carbons (Fsp3) is 0.143. The van der Waals surface area contributed by atoms with Crippen molar-refractivity contribution in [2.45, 2.75) is 6.18 Å². The van der Waals surface area contributed by atoms with E-state index in [1.54, 1.807) is 0 Å². The Morgan fingerprint density at radius 3 is 2.50 bits per heavy atom. The van der Waals surface area contributed by atoms with Crippen LogP contribution >= 0.6 is 11.3 Å². The summed E-state index contributed by atoms with van der Waals surface area (Å²) >= 11 is 0.0761. The largest absolute Gasteiger partial charge is 0.476 e. The van der Waals surface area contributed by atoms with Crippen LogP contribution in [0, 0.1) is 10.1 Å². The number of hydrogen-bond acceptors (Lipinski definition) is 7. The van der Waals surface area contributed by atoms with Gasteiger partial charge in [-0.1, -0.05) is 11.3 Å². The number of hydrogen-bond donors (Lipinski definition) is 1. The van der Waals surface area contributed by atoms with Gasteiger partial charge in [-0.2, -0.15) is 18.3 Å². The fourth-order valence-corrected chi connectivity index (χ4v) is 1.81. The van der Waals surface area contributed by atoms with Gasteiger partial charge < -0.3 is 5.11 Å². The molecule has 9 nitrogen and oxygen atoms in total. The molecule has 0 aromatic carbocycles. The third-order valence-electron chi connectivity index (χ3n) is 1.95. The second-order valence-corrected chi connectivity index (χ2v) is 4.21. The predicted octanol–water partition coefficient (Wildman–Crippen LogP) is 1.35. The van der Waals surface area contributed by atoms with Gasteiger partial charge in [0, 0.05) is 0 Å². The summed E-state index contributed by atoms with van der Waals surface area (Å²) in [5.74, 6) is -1.68. The van der Waals surface area contributed by atoms with Gasteiger partial charge in [0.15, 0.2) is 0 Å². The van der Waals surface area contributed by atoms with Gasteiger partial charge in [0.2, 0.25) is 15.8 Å². The number of halogens is 3. The van der Waals surface area contributed by atoms with Gasteiger partial charge >= 0.3 is 17.8 Å². The highest BCUT2D eigenvalue weighted by molar-refractivity contribution is 7.13. The Bertz CT molecular complexity index is 661. The van der Waals surface area contributed by atoms with Crippen LogP contribution in [0.3, 0.4) is 0 Å². The van der Waals surface area contributed by atoms with E-state index in [9.17, 15) is 28.1 Å². The summed E-state index contributed by atoms with van der Waals surface area (Å²) in [6, 6.07) is 0. The molecule has 0 atom stereocenters. The number of carboxylic acid groups (broad SMARTS) is 1. The van der Waals surface area contributed by atoms with Crippen LogP contribution in [0.4, 0.5) is 18.9 Å². The van der Waals surface area contributed by atoms with Crippen LogP contribution in [0.5, 0.6) is 0 Å². The molecule has 20 heavy (non-hydrogen) atoms. The molecule has 0 aliphatic rings. The quantitative estimate of drug-likeness (QED) is 0.670. The van der Waals surface area contributed by atoms with Crippen molar-refractivity contribution >= 4 is 23.0 Å². The number of aromatic carboxylic acids is 1. The molecule has 2 heterocycles. The predicted molar refractivity (Wildman–Crippen MR) is 55.6 cm³/mol. The molecule has 0 amide bonds. The second-order valence-electron chi connectivity index (χ2n) is 3.26. The molecule has 0 saturated carbocycles. The number of carbonyl (C=O) groups is 1. The van der Waals surface area contributed by atoms with E-state index in [1.165, 1.54) is 0 Å². The van der Waals surface area contributed by atoms with Gasteiger partial charge in [-0.25, -0.2) is 9.48 Å². The standard InChI is InChI=1S/C7H2F3N5O4S/c8-7(9,10)5-11-12-6(20-5)14-1-2(15(18)19)3(13-14)4(16)17/h1H,(H,16,17). The Labute approximate surface area is 110 Å².